The second kappa shape index (κ2) is 5.13. The molecule has 0 unspecified atom stereocenters. The summed E-state index contributed by atoms with van der Waals surface area (Å²) in [6, 6.07) is 8.32. The van der Waals surface area contributed by atoms with Crippen molar-refractivity contribution in [1.29, 1.82) is 0 Å². The van der Waals surface area contributed by atoms with Crippen LogP contribution in [0.25, 0.3) is 0 Å². The Morgan fingerprint density at radius 1 is 1.17 bits per heavy atom. The molecule has 4 rings (SSSR count). The lowest BCUT2D eigenvalue weighted by atomic mass is 9.82. The molecule has 0 saturated heterocycles. The van der Waals surface area contributed by atoms with Gasteiger partial charge in [-0.25, -0.2) is 0 Å². The summed E-state index contributed by atoms with van der Waals surface area (Å²) in [6.07, 6.45) is 2.50. The zero-order chi connectivity index (χ0) is 16.1. The van der Waals surface area contributed by atoms with Crippen LogP contribution >= 0.6 is 11.8 Å². The van der Waals surface area contributed by atoms with Crippen LogP contribution < -0.4 is 4.74 Å². The molecule has 0 fully saturated rings. The van der Waals surface area contributed by atoms with E-state index in [1.807, 2.05) is 6.26 Å². The van der Waals surface area contributed by atoms with E-state index in [2.05, 4.69) is 0 Å². The molecule has 1 aliphatic carbocycles. The molecule has 2 aliphatic rings. The summed E-state index contributed by atoms with van der Waals surface area (Å²) in [7, 11) is 0. The molecule has 0 spiro atoms. The van der Waals surface area contributed by atoms with Crippen molar-refractivity contribution in [2.75, 3.05) is 12.0 Å². The predicted octanol–water partition coefficient (Wildman–Crippen LogP) is 2.83. The van der Waals surface area contributed by atoms with Gasteiger partial charge in [-0.1, -0.05) is 24.3 Å². The Bertz CT molecular complexity index is 856. The molecule has 0 bridgehead atoms. The van der Waals surface area contributed by atoms with E-state index in [-0.39, 0.29) is 34.5 Å². The second-order valence-corrected chi connectivity index (χ2v) is 6.64. The van der Waals surface area contributed by atoms with Gasteiger partial charge in [0.1, 0.15) is 17.6 Å². The van der Waals surface area contributed by atoms with Crippen LogP contribution in [0.5, 0.6) is 11.5 Å². The highest BCUT2D eigenvalue weighted by atomic mass is 32.2. The molecule has 0 radical (unpaired) electrons. The smallest absolute Gasteiger partial charge is 0.198 e. The Labute approximate surface area is 137 Å². The first-order chi connectivity index (χ1) is 11.1. The third-order valence-corrected chi connectivity index (χ3v) is 5.04. The minimum Gasteiger partial charge on any atom is -0.507 e. The summed E-state index contributed by atoms with van der Waals surface area (Å²) in [5, 5.41) is 10.6. The quantitative estimate of drug-likeness (QED) is 0.784. The number of fused-ring (bicyclic) bond motifs is 3. The molecule has 2 aromatic rings. The van der Waals surface area contributed by atoms with E-state index in [9.17, 15) is 14.7 Å². The van der Waals surface area contributed by atoms with Gasteiger partial charge in [0, 0.05) is 34.4 Å². The van der Waals surface area contributed by atoms with Crippen LogP contribution in [0.3, 0.4) is 0 Å². The Morgan fingerprint density at radius 3 is 2.57 bits per heavy atom. The Balaban J connectivity index is 1.89. The molecule has 1 aliphatic heterocycles. The molecular formula is C18H14O4S. The van der Waals surface area contributed by atoms with Crippen molar-refractivity contribution in [3.8, 4) is 11.5 Å². The molecule has 1 atom stereocenters. The number of aromatic hydroxyl groups is 1. The number of ketones is 2. The van der Waals surface area contributed by atoms with Crippen LogP contribution in [0.15, 0.2) is 30.3 Å². The normalized spacial score (nSPS) is 18.2. The van der Waals surface area contributed by atoms with Crippen LogP contribution in [0.2, 0.25) is 0 Å². The van der Waals surface area contributed by atoms with Gasteiger partial charge in [-0.3, -0.25) is 9.59 Å². The maximum atomic E-state index is 12.7. The van der Waals surface area contributed by atoms with Gasteiger partial charge in [-0.05, 0) is 12.3 Å². The SMILES string of the molecule is CSC[C@H]1Cc2c(cc3c(c2O)C(=O)c2ccccc2C3=O)O1. The number of thioether (sulfide) groups is 1. The highest BCUT2D eigenvalue weighted by molar-refractivity contribution is 7.98. The first-order valence-electron chi connectivity index (χ1n) is 7.34. The maximum Gasteiger partial charge on any atom is 0.198 e. The number of hydrogen-bond acceptors (Lipinski definition) is 5. The zero-order valence-electron chi connectivity index (χ0n) is 12.5. The van der Waals surface area contributed by atoms with E-state index < -0.39 is 0 Å². The molecule has 0 amide bonds. The van der Waals surface area contributed by atoms with Gasteiger partial charge < -0.3 is 9.84 Å². The van der Waals surface area contributed by atoms with E-state index in [1.165, 1.54) is 0 Å². The number of rotatable bonds is 2. The summed E-state index contributed by atoms with van der Waals surface area (Å²) in [6.45, 7) is 0. The first-order valence-corrected chi connectivity index (χ1v) is 8.74. The third-order valence-electron chi connectivity index (χ3n) is 4.33. The fraction of sp³-hybridized carbons (Fsp3) is 0.222. The lowest BCUT2D eigenvalue weighted by molar-refractivity contribution is 0.0976. The van der Waals surface area contributed by atoms with Crippen LogP contribution in [0.1, 0.15) is 37.4 Å². The average Bonchev–Trinajstić information content (AvgIpc) is 2.96. The van der Waals surface area contributed by atoms with Gasteiger partial charge >= 0.3 is 0 Å². The molecule has 1 N–H and O–H groups in total. The summed E-state index contributed by atoms with van der Waals surface area (Å²) in [4.78, 5) is 25.4. The number of carbonyl (C=O) groups is 2. The van der Waals surface area contributed by atoms with Crippen molar-refractivity contribution < 1.29 is 19.4 Å². The fourth-order valence-corrected chi connectivity index (χ4v) is 3.84. The van der Waals surface area contributed by atoms with E-state index in [0.717, 1.165) is 5.75 Å². The fourth-order valence-electron chi connectivity index (χ4n) is 3.28. The monoisotopic (exact) mass is 326 g/mol. The summed E-state index contributed by atoms with van der Waals surface area (Å²) >= 11 is 1.66. The molecule has 0 aromatic heterocycles. The average molecular weight is 326 g/mol. The van der Waals surface area contributed by atoms with Gasteiger partial charge in [0.25, 0.3) is 0 Å². The zero-order valence-corrected chi connectivity index (χ0v) is 13.3. The number of phenolic OH excluding ortho intramolecular Hbond substituents is 1. The standard InChI is InChI=1S/C18H14O4S/c1-23-8-9-6-12-14(22-9)7-13-15(18(12)21)17(20)11-5-3-2-4-10(11)16(13)19/h2-5,7,9,21H,6,8H2,1H3/t9-/m1/s1. The van der Waals surface area contributed by atoms with Gasteiger partial charge in [0.15, 0.2) is 11.6 Å². The van der Waals surface area contributed by atoms with E-state index >= 15 is 0 Å². The molecule has 1 heterocycles. The number of carbonyl (C=O) groups excluding carboxylic acids is 2. The number of benzene rings is 2. The molecule has 5 heteroatoms. The minimum absolute atomic E-state index is 0.0395. The predicted molar refractivity (Wildman–Crippen MR) is 87.9 cm³/mol. The van der Waals surface area contributed by atoms with Crippen molar-refractivity contribution in [2.24, 2.45) is 0 Å². The van der Waals surface area contributed by atoms with Gasteiger partial charge in [0.05, 0.1) is 5.56 Å². The summed E-state index contributed by atoms with van der Waals surface area (Å²) in [5.74, 6) is 0.657. The highest BCUT2D eigenvalue weighted by Crippen LogP contribution is 2.43. The van der Waals surface area contributed by atoms with Crippen molar-refractivity contribution in [1.82, 2.24) is 0 Å². The topological polar surface area (TPSA) is 63.6 Å². The second-order valence-electron chi connectivity index (χ2n) is 5.73. The third kappa shape index (κ3) is 2.00. The van der Waals surface area contributed by atoms with E-state index in [4.69, 9.17) is 4.74 Å². The molecular weight excluding hydrogens is 312 g/mol. The Kier molecular flexibility index (Phi) is 3.20. The van der Waals surface area contributed by atoms with Crippen LogP contribution in [0, 0.1) is 0 Å². The largest absolute Gasteiger partial charge is 0.507 e. The molecule has 23 heavy (non-hydrogen) atoms. The van der Waals surface area contributed by atoms with E-state index in [1.54, 1.807) is 42.1 Å². The Morgan fingerprint density at radius 2 is 1.87 bits per heavy atom. The van der Waals surface area contributed by atoms with Crippen molar-refractivity contribution in [3.63, 3.8) is 0 Å². The van der Waals surface area contributed by atoms with Gasteiger partial charge in [-0.2, -0.15) is 11.8 Å². The van der Waals surface area contributed by atoms with Crippen molar-refractivity contribution in [2.45, 2.75) is 12.5 Å². The number of phenols is 1. The highest BCUT2D eigenvalue weighted by Gasteiger charge is 2.37. The van der Waals surface area contributed by atoms with Crippen LogP contribution in [-0.4, -0.2) is 34.8 Å². The Hall–Kier alpha value is -2.27. The lowest BCUT2D eigenvalue weighted by Gasteiger charge is -2.19. The maximum absolute atomic E-state index is 12.7. The van der Waals surface area contributed by atoms with Crippen LogP contribution in [0.4, 0.5) is 0 Å². The van der Waals surface area contributed by atoms with Crippen molar-refractivity contribution >= 4 is 23.3 Å². The molecule has 4 nitrogen and oxygen atoms in total. The lowest BCUT2D eigenvalue weighted by Crippen LogP contribution is -2.21. The number of hydrogen-bond donors (Lipinski definition) is 1. The van der Waals surface area contributed by atoms with Crippen molar-refractivity contribution in [3.05, 3.63) is 58.1 Å². The van der Waals surface area contributed by atoms with E-state index in [0.29, 0.717) is 28.9 Å². The summed E-state index contributed by atoms with van der Waals surface area (Å²) < 4.78 is 5.82. The number of ether oxygens (including phenoxy) is 1. The summed E-state index contributed by atoms with van der Waals surface area (Å²) in [5.41, 5.74) is 1.70. The van der Waals surface area contributed by atoms with Gasteiger partial charge in [0.2, 0.25) is 0 Å². The van der Waals surface area contributed by atoms with Crippen LogP contribution in [-0.2, 0) is 6.42 Å². The minimum atomic E-state index is -0.302. The molecule has 116 valence electrons. The first kappa shape index (κ1) is 14.3. The molecule has 2 aromatic carbocycles. The van der Waals surface area contributed by atoms with Gasteiger partial charge in [-0.15, -0.1) is 0 Å². The molecule has 0 saturated carbocycles.